The first kappa shape index (κ1) is 17.0. The van der Waals surface area contributed by atoms with Crippen molar-refractivity contribution in [1.29, 1.82) is 0 Å². The number of nitrogens with zero attached hydrogens (tertiary/aromatic N) is 1. The van der Waals surface area contributed by atoms with Crippen LogP contribution in [-0.4, -0.2) is 44.7 Å². The second kappa shape index (κ2) is 5.36. The molecule has 4 heterocycles. The van der Waals surface area contributed by atoms with Crippen LogP contribution in [0.25, 0.3) is 0 Å². The number of fused-ring (bicyclic) bond motifs is 5. The van der Waals surface area contributed by atoms with Gasteiger partial charge in [-0.25, -0.2) is 4.79 Å². The molecular formula is C22H22NO6+. The zero-order valence-electron chi connectivity index (χ0n) is 16.6. The minimum absolute atomic E-state index is 0.105. The van der Waals surface area contributed by atoms with Crippen molar-refractivity contribution < 1.29 is 33.0 Å². The van der Waals surface area contributed by atoms with E-state index in [1.165, 1.54) is 5.56 Å². The van der Waals surface area contributed by atoms with Gasteiger partial charge in [0.2, 0.25) is 13.6 Å². The van der Waals surface area contributed by atoms with Crippen molar-refractivity contribution in [1.82, 2.24) is 0 Å². The number of cyclic esters (lactones) is 1. The van der Waals surface area contributed by atoms with Crippen LogP contribution in [-0.2, 0) is 16.8 Å². The van der Waals surface area contributed by atoms with Crippen molar-refractivity contribution in [2.75, 3.05) is 34.2 Å². The summed E-state index contributed by atoms with van der Waals surface area (Å²) < 4.78 is 29.1. The molecule has 0 unspecified atom stereocenters. The van der Waals surface area contributed by atoms with Crippen molar-refractivity contribution in [2.45, 2.75) is 25.0 Å². The largest absolute Gasteiger partial charge is 0.454 e. The number of hydrogen-bond donors (Lipinski definition) is 0. The van der Waals surface area contributed by atoms with Gasteiger partial charge in [-0.05, 0) is 36.8 Å². The third kappa shape index (κ3) is 2.13. The van der Waals surface area contributed by atoms with Crippen LogP contribution in [0.5, 0.6) is 23.0 Å². The first-order valence-electron chi connectivity index (χ1n) is 9.80. The van der Waals surface area contributed by atoms with Crippen LogP contribution in [0.3, 0.4) is 0 Å². The molecule has 0 aromatic heterocycles. The Morgan fingerprint density at radius 3 is 2.55 bits per heavy atom. The summed E-state index contributed by atoms with van der Waals surface area (Å²) in [6.45, 7) is 3.28. The highest BCUT2D eigenvalue weighted by Gasteiger charge is 2.58. The lowest BCUT2D eigenvalue weighted by molar-refractivity contribution is -0.931. The van der Waals surface area contributed by atoms with Crippen LogP contribution < -0.4 is 18.9 Å². The van der Waals surface area contributed by atoms with Gasteiger partial charge in [0.1, 0.15) is 5.56 Å². The molecule has 0 saturated carbocycles. The van der Waals surface area contributed by atoms with E-state index in [1.807, 2.05) is 19.1 Å². The smallest absolute Gasteiger partial charge is 0.343 e. The molecule has 0 fully saturated rings. The summed E-state index contributed by atoms with van der Waals surface area (Å²) in [5, 5.41) is 0. The maximum Gasteiger partial charge on any atom is 0.343 e. The maximum atomic E-state index is 13.0. The van der Waals surface area contributed by atoms with Crippen LogP contribution in [0.15, 0.2) is 24.3 Å². The van der Waals surface area contributed by atoms with Gasteiger partial charge in [0.15, 0.2) is 34.6 Å². The number of carbonyl (C=O) groups excluding carboxylic acids is 1. The summed E-state index contributed by atoms with van der Waals surface area (Å²) in [6.07, 6.45) is 0.924. The first-order valence-corrected chi connectivity index (χ1v) is 9.80. The fourth-order valence-electron chi connectivity index (χ4n) is 5.44. The van der Waals surface area contributed by atoms with E-state index in [1.54, 1.807) is 0 Å². The van der Waals surface area contributed by atoms with Crippen molar-refractivity contribution in [3.63, 3.8) is 0 Å². The maximum absolute atomic E-state index is 13.0. The average molecular weight is 396 g/mol. The molecule has 0 spiro atoms. The van der Waals surface area contributed by atoms with Crippen LogP contribution in [0.2, 0.25) is 0 Å². The number of benzene rings is 2. The third-order valence-corrected chi connectivity index (χ3v) is 6.69. The molecule has 0 N–H and O–H groups in total. The van der Waals surface area contributed by atoms with Crippen molar-refractivity contribution in [2.24, 2.45) is 0 Å². The molecular weight excluding hydrogens is 374 g/mol. The van der Waals surface area contributed by atoms with Crippen LogP contribution in [0.1, 0.15) is 40.0 Å². The summed E-state index contributed by atoms with van der Waals surface area (Å²) in [7, 11) is 4.37. The molecule has 2 atom stereocenters. The van der Waals surface area contributed by atoms with E-state index in [9.17, 15) is 4.79 Å². The van der Waals surface area contributed by atoms with E-state index < -0.39 is 5.60 Å². The Morgan fingerprint density at radius 1 is 1.00 bits per heavy atom. The molecule has 0 aliphatic carbocycles. The molecule has 4 aliphatic rings. The number of esters is 1. The Kier molecular flexibility index (Phi) is 3.14. The molecule has 6 rings (SSSR count). The van der Waals surface area contributed by atoms with Gasteiger partial charge in [-0.15, -0.1) is 0 Å². The molecule has 29 heavy (non-hydrogen) atoms. The third-order valence-electron chi connectivity index (χ3n) is 6.69. The fourth-order valence-corrected chi connectivity index (χ4v) is 5.44. The molecule has 7 nitrogen and oxygen atoms in total. The number of likely N-dealkylation sites (N-methyl/N-ethyl adjacent to an activating group) is 1. The van der Waals surface area contributed by atoms with Crippen molar-refractivity contribution in [3.8, 4) is 23.0 Å². The quantitative estimate of drug-likeness (QED) is 0.546. The lowest BCUT2D eigenvalue weighted by Crippen LogP contribution is -2.55. The number of carbonyl (C=O) groups is 1. The Morgan fingerprint density at radius 2 is 1.72 bits per heavy atom. The molecule has 2 aromatic carbocycles. The highest BCUT2D eigenvalue weighted by atomic mass is 16.7. The monoisotopic (exact) mass is 396 g/mol. The zero-order chi connectivity index (χ0) is 20.0. The number of rotatable bonds is 1. The summed E-state index contributed by atoms with van der Waals surface area (Å²) >= 11 is 0. The van der Waals surface area contributed by atoms with Crippen molar-refractivity contribution in [3.05, 3.63) is 46.5 Å². The van der Waals surface area contributed by atoms with Gasteiger partial charge in [-0.3, -0.25) is 0 Å². The van der Waals surface area contributed by atoms with Crippen LogP contribution in [0.4, 0.5) is 0 Å². The lowest BCUT2D eigenvalue weighted by atomic mass is 9.77. The predicted octanol–water partition coefficient (Wildman–Crippen LogP) is 2.90. The van der Waals surface area contributed by atoms with Crippen LogP contribution in [0, 0.1) is 0 Å². The molecule has 0 saturated heterocycles. The Balaban J connectivity index is 1.57. The molecule has 0 bridgehead atoms. The second-order valence-corrected chi connectivity index (χ2v) is 8.78. The summed E-state index contributed by atoms with van der Waals surface area (Å²) in [5.74, 6) is 2.24. The first-order chi connectivity index (χ1) is 13.9. The van der Waals surface area contributed by atoms with Gasteiger partial charge in [0.25, 0.3) is 0 Å². The van der Waals surface area contributed by atoms with Crippen LogP contribution >= 0.6 is 0 Å². The highest BCUT2D eigenvalue weighted by Crippen LogP contribution is 2.56. The fraction of sp³-hybridized carbons (Fsp3) is 0.409. The number of ether oxygens (including phenoxy) is 5. The number of hydrogen-bond acceptors (Lipinski definition) is 6. The van der Waals surface area contributed by atoms with E-state index in [0.29, 0.717) is 21.5 Å². The molecule has 0 radical (unpaired) electrons. The topological polar surface area (TPSA) is 63.2 Å². The molecule has 4 aliphatic heterocycles. The van der Waals surface area contributed by atoms with Crippen molar-refractivity contribution >= 4 is 5.97 Å². The summed E-state index contributed by atoms with van der Waals surface area (Å²) in [4.78, 5) is 13.0. The number of quaternary nitrogens is 1. The summed E-state index contributed by atoms with van der Waals surface area (Å²) in [5.41, 5.74) is 2.82. The molecule has 2 aromatic rings. The predicted molar refractivity (Wildman–Crippen MR) is 101 cm³/mol. The Labute approximate surface area is 168 Å². The van der Waals surface area contributed by atoms with Gasteiger partial charge >= 0.3 is 5.97 Å². The van der Waals surface area contributed by atoms with E-state index in [4.69, 9.17) is 23.7 Å². The van der Waals surface area contributed by atoms with E-state index in [2.05, 4.69) is 26.2 Å². The molecule has 150 valence electrons. The zero-order valence-corrected chi connectivity index (χ0v) is 16.6. The van der Waals surface area contributed by atoms with Gasteiger partial charge in [0.05, 0.1) is 20.6 Å². The minimum Gasteiger partial charge on any atom is -0.454 e. The minimum atomic E-state index is -0.847. The molecule has 0 amide bonds. The van der Waals surface area contributed by atoms with Gasteiger partial charge in [-0.2, -0.15) is 0 Å². The van der Waals surface area contributed by atoms with E-state index in [-0.39, 0.29) is 25.6 Å². The standard InChI is InChI=1S/C22H22NO6/c1-22(14-4-5-15-19(28-11-25-15)18(14)21(24)29-22)20-13-9-17-16(26-10-27-17)8-12(13)6-7-23(20,2)3/h4-5,8-9,20H,6-7,10-11H2,1-3H3/q+1/t20-,22+/m0/s1. The lowest BCUT2D eigenvalue weighted by Gasteiger charge is -2.48. The highest BCUT2D eigenvalue weighted by molar-refractivity contribution is 5.99. The normalized spacial score (nSPS) is 27.4. The van der Waals surface area contributed by atoms with E-state index >= 15 is 0 Å². The van der Waals surface area contributed by atoms with Gasteiger partial charge in [-0.1, -0.05) is 0 Å². The molecule has 7 heteroatoms. The van der Waals surface area contributed by atoms with Gasteiger partial charge in [0, 0.05) is 17.5 Å². The van der Waals surface area contributed by atoms with E-state index in [0.717, 1.165) is 35.6 Å². The Hall–Kier alpha value is -2.93. The second-order valence-electron chi connectivity index (χ2n) is 8.78. The average Bonchev–Trinajstić information content (AvgIpc) is 3.37. The Bertz CT molecular complexity index is 1080. The summed E-state index contributed by atoms with van der Waals surface area (Å²) in [6, 6.07) is 7.84. The SMILES string of the molecule is C[C@@]1([C@@H]2c3cc4c(cc3CC[N+]2(C)C)OCO4)OC(=O)c2c1ccc1c2OCO1. The van der Waals surface area contributed by atoms with Gasteiger partial charge < -0.3 is 28.2 Å².